The predicted molar refractivity (Wildman–Crippen MR) is 288 cm³/mol. The van der Waals surface area contributed by atoms with Gasteiger partial charge in [-0.25, -0.2) is 19.3 Å². The van der Waals surface area contributed by atoms with Gasteiger partial charge in [-0.05, 0) is 112 Å². The third kappa shape index (κ3) is 13.5. The zero-order valence-electron chi connectivity index (χ0n) is 43.1. The fourth-order valence-corrected chi connectivity index (χ4v) is 11.7. The van der Waals surface area contributed by atoms with Crippen LogP contribution in [0.4, 0.5) is 21.7 Å². The summed E-state index contributed by atoms with van der Waals surface area (Å²) in [7, 11) is 0. The molecule has 400 valence electrons. The summed E-state index contributed by atoms with van der Waals surface area (Å²) in [4.78, 5) is 75.3. The number of aliphatic hydroxyl groups excluding tert-OH is 1. The number of piperidine rings is 2. The van der Waals surface area contributed by atoms with Crippen molar-refractivity contribution >= 4 is 75.7 Å². The van der Waals surface area contributed by atoms with E-state index in [4.69, 9.17) is 27.8 Å². The Labute approximate surface area is 446 Å². The molecule has 3 saturated heterocycles. The van der Waals surface area contributed by atoms with Crippen LogP contribution in [0.2, 0.25) is 5.02 Å². The van der Waals surface area contributed by atoms with Crippen molar-refractivity contribution in [1.82, 2.24) is 35.4 Å². The van der Waals surface area contributed by atoms with Crippen molar-refractivity contribution in [1.29, 1.82) is 0 Å². The number of carbonyl (C=O) groups is 4. The van der Waals surface area contributed by atoms with Gasteiger partial charge in [0.05, 0.1) is 45.7 Å². The Bertz CT molecular complexity index is 2670. The largest absolute Gasteiger partial charge is 0.493 e. The number of nitrogen functional groups attached to an aromatic ring is 1. The van der Waals surface area contributed by atoms with E-state index in [-0.39, 0.29) is 49.6 Å². The number of rotatable bonds is 19. The zero-order chi connectivity index (χ0) is 53.0. The van der Waals surface area contributed by atoms with E-state index in [0.717, 1.165) is 92.3 Å². The van der Waals surface area contributed by atoms with Gasteiger partial charge in [0.15, 0.2) is 11.5 Å². The van der Waals surface area contributed by atoms with Crippen LogP contribution in [0.25, 0.3) is 10.4 Å². The molecule has 8 rings (SSSR count). The Hall–Kier alpha value is -5.12. The molecule has 3 aliphatic heterocycles. The van der Waals surface area contributed by atoms with Crippen LogP contribution < -0.4 is 37.1 Å². The summed E-state index contributed by atoms with van der Waals surface area (Å²) in [5.41, 5.74) is 14.7. The first-order chi connectivity index (χ1) is 35.2. The third-order valence-electron chi connectivity index (χ3n) is 14.9. The molecule has 5 heterocycles. The number of alkyl halides is 1. The first-order valence-corrected chi connectivity index (χ1v) is 27.8. The topological polar surface area (TPSA) is 234 Å². The number of amides is 4. The summed E-state index contributed by atoms with van der Waals surface area (Å²) < 4.78 is 21.1. The molecule has 17 nitrogen and oxygen atoms in total. The minimum absolute atomic E-state index is 0.0231. The minimum atomic E-state index is -1.98. The summed E-state index contributed by atoms with van der Waals surface area (Å²) >= 11 is 9.70. The van der Waals surface area contributed by atoms with Crippen LogP contribution in [0, 0.1) is 23.7 Å². The van der Waals surface area contributed by atoms with Crippen LogP contribution in [-0.4, -0.2) is 130 Å². The van der Waals surface area contributed by atoms with E-state index >= 15 is 0 Å². The number of nitrogens with zero attached hydrogens (tertiary/aromatic N) is 6. The van der Waals surface area contributed by atoms with Gasteiger partial charge in [0.25, 0.3) is 5.91 Å². The highest BCUT2D eigenvalue weighted by Gasteiger charge is 2.53. The van der Waals surface area contributed by atoms with Crippen LogP contribution in [0.3, 0.4) is 0 Å². The highest BCUT2D eigenvalue weighted by molar-refractivity contribution is 7.99. The number of anilines is 3. The predicted octanol–water partition coefficient (Wildman–Crippen LogP) is 6.98. The first kappa shape index (κ1) is 55.1. The molecule has 4 aliphatic rings. The number of halogens is 2. The first-order valence-electron chi connectivity index (χ1n) is 25.7. The molecule has 3 atom stereocenters. The number of aromatic nitrogens is 3. The molecule has 1 saturated carbocycles. The lowest BCUT2D eigenvalue weighted by molar-refractivity contribution is -0.145. The molecule has 0 bridgehead atoms. The van der Waals surface area contributed by atoms with Crippen molar-refractivity contribution in [3.8, 4) is 16.2 Å². The fourth-order valence-electron chi connectivity index (χ4n) is 9.80. The van der Waals surface area contributed by atoms with E-state index in [2.05, 4.69) is 47.6 Å². The van der Waals surface area contributed by atoms with Crippen LogP contribution >= 0.6 is 34.7 Å². The lowest BCUT2D eigenvalue weighted by Crippen LogP contribution is -2.59. The van der Waals surface area contributed by atoms with E-state index in [1.54, 1.807) is 38.5 Å². The Morgan fingerprint density at radius 3 is 2.47 bits per heavy atom. The minimum Gasteiger partial charge on any atom is -0.493 e. The highest BCUT2D eigenvalue weighted by Crippen LogP contribution is 2.42. The number of benzene rings is 2. The molecule has 8 N–H and O–H groups in total. The summed E-state index contributed by atoms with van der Waals surface area (Å²) in [6.45, 7) is 14.8. The number of β-amino-alcohol motifs (C(OH)–C–C–N with tert-alkyl or cyclic N) is 1. The number of nitrogens with two attached hydrogens (primary N) is 2. The SMILES string of the molecule is Cc1ncsc1-c1ccc(CNC(=O)C2CC(O)CN2C(=O)[C@@H](NC(=O)C2(F)CC2)C(C)(C)C)c(OCCCN2CCC(CC(=O)Nc3cccc(Sc4ncc(N5CCC(C)(CN)CC5)nc4N)c3Cl)CC2)c1. The number of carbonyl (C=O) groups excluding carboxylic acids is 4. The Morgan fingerprint density at radius 1 is 1.07 bits per heavy atom. The molecule has 4 fully saturated rings. The van der Waals surface area contributed by atoms with E-state index in [1.165, 1.54) is 28.0 Å². The molecule has 4 amide bonds. The van der Waals surface area contributed by atoms with E-state index in [9.17, 15) is 28.7 Å². The molecule has 0 radical (unpaired) electrons. The maximum atomic E-state index is 14.7. The van der Waals surface area contributed by atoms with Crippen molar-refractivity contribution in [2.75, 3.05) is 68.4 Å². The maximum absolute atomic E-state index is 14.7. The number of nitrogens with one attached hydrogen (secondary N) is 3. The zero-order valence-corrected chi connectivity index (χ0v) is 45.4. The average molecular weight is 1080 g/mol. The molecule has 74 heavy (non-hydrogen) atoms. The Kier molecular flexibility index (Phi) is 17.4. The summed E-state index contributed by atoms with van der Waals surface area (Å²) in [6.07, 6.45) is 5.87. The average Bonchev–Trinajstić information content (AvgIpc) is 3.78. The van der Waals surface area contributed by atoms with Gasteiger partial charge >= 0.3 is 0 Å². The Balaban J connectivity index is 0.805. The molecular formula is C53H71ClFN11O6S2. The summed E-state index contributed by atoms with van der Waals surface area (Å²) in [6, 6.07) is 9.26. The molecule has 1 aliphatic carbocycles. The molecule has 4 aromatic rings. The smallest absolute Gasteiger partial charge is 0.258 e. The maximum Gasteiger partial charge on any atom is 0.258 e. The van der Waals surface area contributed by atoms with Crippen LogP contribution in [0.15, 0.2) is 58.0 Å². The monoisotopic (exact) mass is 1080 g/mol. The highest BCUT2D eigenvalue weighted by atomic mass is 35.5. The van der Waals surface area contributed by atoms with Gasteiger partial charge < -0.3 is 52.0 Å². The molecular weight excluding hydrogens is 1010 g/mol. The van der Waals surface area contributed by atoms with Crippen LogP contribution in [-0.2, 0) is 25.7 Å². The van der Waals surface area contributed by atoms with Crippen molar-refractivity contribution in [3.05, 3.63) is 64.4 Å². The molecule has 2 aromatic carbocycles. The number of thiazole rings is 1. The van der Waals surface area contributed by atoms with Crippen LogP contribution in [0.5, 0.6) is 5.75 Å². The van der Waals surface area contributed by atoms with Gasteiger partial charge in [0.2, 0.25) is 17.7 Å². The number of hydrogen-bond donors (Lipinski definition) is 6. The quantitative estimate of drug-likeness (QED) is 0.0520. The molecule has 21 heteroatoms. The Morgan fingerprint density at radius 2 is 1.81 bits per heavy atom. The van der Waals surface area contributed by atoms with Crippen molar-refractivity contribution in [3.63, 3.8) is 0 Å². The van der Waals surface area contributed by atoms with Crippen molar-refractivity contribution < 1.29 is 33.4 Å². The second-order valence-corrected chi connectivity index (χ2v) is 24.1. The van der Waals surface area contributed by atoms with Gasteiger partial charge in [0.1, 0.15) is 28.7 Å². The van der Waals surface area contributed by atoms with Gasteiger partial charge in [-0.15, -0.1) is 11.3 Å². The summed E-state index contributed by atoms with van der Waals surface area (Å²) in [5, 5.41) is 20.2. The van der Waals surface area contributed by atoms with Gasteiger partial charge in [-0.3, -0.25) is 19.2 Å². The lowest BCUT2D eigenvalue weighted by Gasteiger charge is -2.39. The van der Waals surface area contributed by atoms with Crippen molar-refractivity contribution in [2.45, 2.75) is 133 Å². The summed E-state index contributed by atoms with van der Waals surface area (Å²) in [5.74, 6) is -0.0235. The second kappa shape index (κ2) is 23.4. The van der Waals surface area contributed by atoms with Gasteiger partial charge in [-0.1, -0.05) is 69.3 Å². The van der Waals surface area contributed by atoms with E-state index in [1.807, 2.05) is 37.3 Å². The van der Waals surface area contributed by atoms with E-state index < -0.39 is 47.0 Å². The van der Waals surface area contributed by atoms with Crippen LogP contribution in [0.1, 0.15) is 96.7 Å². The molecule has 0 spiro atoms. The fraction of sp³-hybridized carbons (Fsp3) is 0.566. The molecule has 2 aromatic heterocycles. The lowest BCUT2D eigenvalue weighted by atomic mass is 9.80. The number of hydrogen-bond acceptors (Lipinski definition) is 15. The standard InChI is InChI=1S/C53H71ClFN11O6S2/c1-32-44(73-31-60-32)34-10-11-35(27-58-47(69)38-26-36(67)29-66(38)49(70)45(51(2,3)4)63-50(71)53(55)14-15-53)39(25-34)72-23-7-18-64-19-12-33(13-20-64)24-42(68)61-37-8-6-9-40(43(37)54)74-48-46(57)62-41(28-59-48)65-21-16-52(5,30-56)17-22-65/h6,8-11,25,28,31,33,36,38,45,67H,7,12-24,26-27,29-30,56H2,1-5H3,(H2,57,62)(H,58,69)(H,61,68)(H,63,71)/t36?,38?,45-/m1/s1. The molecule has 2 unspecified atom stereocenters. The van der Waals surface area contributed by atoms with Gasteiger partial charge in [-0.2, -0.15) is 0 Å². The number of aliphatic hydroxyl groups is 1. The second-order valence-electron chi connectivity index (χ2n) is 21.8. The normalized spacial score (nSPS) is 20.2. The van der Waals surface area contributed by atoms with E-state index in [0.29, 0.717) is 51.8 Å². The number of ether oxygens (including phenoxy) is 1. The van der Waals surface area contributed by atoms with Crippen molar-refractivity contribution in [2.24, 2.45) is 22.5 Å². The number of aryl methyl sites for hydroxylation is 1. The number of likely N-dealkylation sites (tertiary alicyclic amines) is 2. The van der Waals surface area contributed by atoms with Gasteiger partial charge in [0, 0.05) is 56.0 Å². The third-order valence-corrected chi connectivity index (χ3v) is 17.5.